The van der Waals surface area contributed by atoms with Gasteiger partial charge in [-0.2, -0.15) is 0 Å². The van der Waals surface area contributed by atoms with Crippen LogP contribution in [0.25, 0.3) is 0 Å². The number of ether oxygens (including phenoxy) is 1. The van der Waals surface area contributed by atoms with Crippen molar-refractivity contribution in [2.75, 3.05) is 31.1 Å². The molecule has 1 aromatic rings. The maximum absolute atomic E-state index is 13.9. The largest absolute Gasteiger partial charge is 0.447 e. The van der Waals surface area contributed by atoms with Crippen LogP contribution in [-0.2, 0) is 4.74 Å². The summed E-state index contributed by atoms with van der Waals surface area (Å²) in [7, 11) is 0. The summed E-state index contributed by atoms with van der Waals surface area (Å²) in [6.07, 6.45) is 1.87. The topological polar surface area (TPSA) is 141 Å². The second kappa shape index (κ2) is 11.6. The summed E-state index contributed by atoms with van der Waals surface area (Å²) in [6, 6.07) is 2.07. The Morgan fingerprint density at radius 3 is 2.28 bits per heavy atom. The van der Waals surface area contributed by atoms with Crippen LogP contribution < -0.4 is 16.4 Å². The summed E-state index contributed by atoms with van der Waals surface area (Å²) in [4.78, 5) is 18.2. The lowest BCUT2D eigenvalue weighted by molar-refractivity contribution is 0.0457. The summed E-state index contributed by atoms with van der Waals surface area (Å²) < 4.78 is 32.7. The fraction of sp³-hybridized carbons (Fsp3) is 0.571. The van der Waals surface area contributed by atoms with E-state index in [9.17, 15) is 18.7 Å². The van der Waals surface area contributed by atoms with Crippen molar-refractivity contribution in [2.24, 2.45) is 16.5 Å². The molecule has 2 aliphatic heterocycles. The lowest BCUT2D eigenvalue weighted by Crippen LogP contribution is -2.41. The van der Waals surface area contributed by atoms with Crippen molar-refractivity contribution < 1.29 is 23.4 Å². The molecule has 0 spiro atoms. The van der Waals surface area contributed by atoms with E-state index in [1.165, 1.54) is 0 Å². The van der Waals surface area contributed by atoms with Crippen molar-refractivity contribution in [2.45, 2.75) is 51.7 Å². The molecule has 0 radical (unpaired) electrons. The summed E-state index contributed by atoms with van der Waals surface area (Å²) in [5.41, 5.74) is 10.9. The first-order valence-corrected chi connectivity index (χ1v) is 10.6. The smallest absolute Gasteiger partial charge is 0.410 e. The average molecular weight is 455 g/mol. The molecule has 0 saturated carbocycles. The molecule has 2 heterocycles. The lowest BCUT2D eigenvalue weighted by Gasteiger charge is -2.29. The molecule has 6 N–H and O–H groups in total. The number of rotatable bonds is 3. The van der Waals surface area contributed by atoms with E-state index in [4.69, 9.17) is 21.6 Å². The number of piperidine rings is 2. The molecule has 0 aromatic heterocycles. The van der Waals surface area contributed by atoms with Gasteiger partial charge in [-0.05, 0) is 26.7 Å². The number of amides is 1. The molecule has 178 valence electrons. The third-order valence-electron chi connectivity index (χ3n) is 5.03. The van der Waals surface area contributed by atoms with Gasteiger partial charge in [-0.15, -0.1) is 0 Å². The van der Waals surface area contributed by atoms with Gasteiger partial charge in [-0.25, -0.2) is 18.6 Å². The van der Waals surface area contributed by atoms with Crippen LogP contribution in [0.2, 0.25) is 0 Å². The first-order valence-electron chi connectivity index (χ1n) is 10.6. The van der Waals surface area contributed by atoms with Gasteiger partial charge in [0.2, 0.25) is 0 Å². The van der Waals surface area contributed by atoms with E-state index in [1.54, 1.807) is 9.80 Å². The zero-order valence-corrected chi connectivity index (χ0v) is 18.5. The van der Waals surface area contributed by atoms with Crippen LogP contribution in [0.15, 0.2) is 17.1 Å². The minimum absolute atomic E-state index is 0.0700. The highest BCUT2D eigenvalue weighted by atomic mass is 19.1. The normalized spacial score (nSPS) is 17.0. The van der Waals surface area contributed by atoms with Crippen molar-refractivity contribution in [1.82, 2.24) is 4.90 Å². The standard InChI is InChI=1S/C12H15F2N5.C9H17NO3/c13-8-6-11(19-3-1-7(15)2-4-19)9(14)5-10(8)18-12(16)17;1-7(2)13-9(12)10-5-3-8(11)4-6-10/h5-6,15H,1-4H2,(H4,16,17,18);7-8,11H,3-6H2,1-2H3. The number of halogens is 2. The third kappa shape index (κ3) is 7.63. The van der Waals surface area contributed by atoms with Gasteiger partial charge in [-0.3, -0.25) is 0 Å². The Labute approximate surface area is 186 Å². The molecular weight excluding hydrogens is 422 g/mol. The molecule has 0 aliphatic carbocycles. The number of nitrogens with two attached hydrogens (primary N) is 2. The third-order valence-corrected chi connectivity index (χ3v) is 5.03. The zero-order valence-electron chi connectivity index (χ0n) is 18.5. The SMILES string of the molecule is CC(C)OC(=O)N1CCC(O)CC1.N=C1CCN(c2cc(F)c(N=C(N)N)cc2F)CC1. The Morgan fingerprint density at radius 1 is 1.16 bits per heavy atom. The predicted molar refractivity (Wildman–Crippen MR) is 119 cm³/mol. The van der Waals surface area contributed by atoms with Crippen molar-refractivity contribution in [3.05, 3.63) is 23.8 Å². The first-order chi connectivity index (χ1) is 15.1. The highest BCUT2D eigenvalue weighted by Gasteiger charge is 2.22. The van der Waals surface area contributed by atoms with Gasteiger partial charge in [-0.1, -0.05) is 0 Å². The maximum atomic E-state index is 13.9. The van der Waals surface area contributed by atoms with Crippen molar-refractivity contribution in [1.29, 1.82) is 5.41 Å². The van der Waals surface area contributed by atoms with E-state index in [-0.39, 0.29) is 35.6 Å². The first kappa shape index (κ1) is 25.3. The molecule has 2 aliphatic rings. The number of aliphatic imine (C=N–C) groups is 1. The minimum Gasteiger partial charge on any atom is -0.447 e. The van der Waals surface area contributed by atoms with Crippen LogP contribution in [0.1, 0.15) is 39.5 Å². The molecule has 2 fully saturated rings. The van der Waals surface area contributed by atoms with Gasteiger partial charge in [0.1, 0.15) is 11.5 Å². The number of carbonyl (C=O) groups is 1. The summed E-state index contributed by atoms with van der Waals surface area (Å²) in [6.45, 7) is 5.89. The second-order valence-corrected chi connectivity index (χ2v) is 8.03. The molecular formula is C21H32F2N6O3. The summed E-state index contributed by atoms with van der Waals surface area (Å²) in [5.74, 6) is -1.57. The number of anilines is 1. The maximum Gasteiger partial charge on any atom is 0.410 e. The Morgan fingerprint density at radius 2 is 1.75 bits per heavy atom. The van der Waals surface area contributed by atoms with Crippen LogP contribution in [-0.4, -0.2) is 66.2 Å². The van der Waals surface area contributed by atoms with E-state index >= 15 is 0 Å². The predicted octanol–water partition coefficient (Wildman–Crippen LogP) is 2.48. The number of aliphatic hydroxyl groups is 1. The van der Waals surface area contributed by atoms with Gasteiger partial charge >= 0.3 is 6.09 Å². The highest BCUT2D eigenvalue weighted by Crippen LogP contribution is 2.29. The van der Waals surface area contributed by atoms with Crippen molar-refractivity contribution in [3.8, 4) is 0 Å². The Hall–Kier alpha value is -2.95. The fourth-order valence-corrected chi connectivity index (χ4v) is 3.34. The van der Waals surface area contributed by atoms with Gasteiger partial charge in [0, 0.05) is 56.9 Å². The molecule has 0 unspecified atom stereocenters. The number of nitrogens with one attached hydrogen (secondary N) is 1. The molecule has 2 saturated heterocycles. The molecule has 32 heavy (non-hydrogen) atoms. The van der Waals surface area contributed by atoms with Crippen molar-refractivity contribution >= 4 is 29.1 Å². The second-order valence-electron chi connectivity index (χ2n) is 8.03. The number of hydrogen-bond acceptors (Lipinski definition) is 6. The summed E-state index contributed by atoms with van der Waals surface area (Å²) in [5, 5.41) is 16.7. The molecule has 11 heteroatoms. The van der Waals surface area contributed by atoms with E-state index in [1.807, 2.05) is 13.8 Å². The van der Waals surface area contributed by atoms with E-state index < -0.39 is 11.6 Å². The van der Waals surface area contributed by atoms with E-state index in [2.05, 4.69) is 4.99 Å². The van der Waals surface area contributed by atoms with Gasteiger partial charge < -0.3 is 36.5 Å². The quantitative estimate of drug-likeness (QED) is 0.408. The molecule has 0 bridgehead atoms. The zero-order chi connectivity index (χ0) is 23.8. The number of likely N-dealkylation sites (tertiary alicyclic amines) is 1. The average Bonchev–Trinajstić information content (AvgIpc) is 2.71. The lowest BCUT2D eigenvalue weighted by atomic mass is 10.1. The van der Waals surface area contributed by atoms with Crippen LogP contribution >= 0.6 is 0 Å². The monoisotopic (exact) mass is 454 g/mol. The van der Waals surface area contributed by atoms with E-state index in [0.29, 0.717) is 57.6 Å². The van der Waals surface area contributed by atoms with Crippen LogP contribution in [0.3, 0.4) is 0 Å². The van der Waals surface area contributed by atoms with E-state index in [0.717, 1.165) is 12.1 Å². The van der Waals surface area contributed by atoms with Gasteiger partial charge in [0.25, 0.3) is 0 Å². The Kier molecular flexibility index (Phi) is 9.18. The Balaban J connectivity index is 0.000000244. The number of aliphatic hydroxyl groups excluding tert-OH is 1. The van der Waals surface area contributed by atoms with Gasteiger partial charge in [0.15, 0.2) is 11.8 Å². The molecule has 0 atom stereocenters. The van der Waals surface area contributed by atoms with Crippen LogP contribution in [0.5, 0.6) is 0 Å². The number of benzene rings is 1. The Bertz CT molecular complexity index is 827. The molecule has 1 amide bonds. The molecule has 1 aromatic carbocycles. The summed E-state index contributed by atoms with van der Waals surface area (Å²) >= 11 is 0. The van der Waals surface area contributed by atoms with Gasteiger partial charge in [0.05, 0.1) is 17.9 Å². The van der Waals surface area contributed by atoms with Crippen LogP contribution in [0.4, 0.5) is 25.0 Å². The molecule has 9 nitrogen and oxygen atoms in total. The number of carbonyl (C=O) groups excluding carboxylic acids is 1. The fourth-order valence-electron chi connectivity index (χ4n) is 3.34. The molecule has 3 rings (SSSR count). The van der Waals surface area contributed by atoms with Crippen LogP contribution in [0, 0.1) is 17.0 Å². The number of guanidine groups is 1. The number of hydrogen-bond donors (Lipinski definition) is 4. The van der Waals surface area contributed by atoms with Crippen molar-refractivity contribution in [3.63, 3.8) is 0 Å². The number of nitrogens with zero attached hydrogens (tertiary/aromatic N) is 3. The highest BCUT2D eigenvalue weighted by molar-refractivity contribution is 5.84. The minimum atomic E-state index is -0.676.